The van der Waals surface area contributed by atoms with E-state index in [4.69, 9.17) is 0 Å². The molecule has 1 aromatic heterocycles. The van der Waals surface area contributed by atoms with Gasteiger partial charge in [-0.2, -0.15) is 0 Å². The summed E-state index contributed by atoms with van der Waals surface area (Å²) in [5, 5.41) is 16.4. The van der Waals surface area contributed by atoms with Crippen molar-refractivity contribution in [2.24, 2.45) is 0 Å². The lowest BCUT2D eigenvalue weighted by molar-refractivity contribution is -0.134. The van der Waals surface area contributed by atoms with Crippen LogP contribution in [0.25, 0.3) is 5.69 Å². The van der Waals surface area contributed by atoms with Gasteiger partial charge in [0.1, 0.15) is 18.4 Å². The Morgan fingerprint density at radius 3 is 2.67 bits per heavy atom. The topological polar surface area (TPSA) is 122 Å². The fourth-order valence-corrected chi connectivity index (χ4v) is 3.27. The van der Waals surface area contributed by atoms with E-state index in [0.717, 1.165) is 10.5 Å². The number of aromatic nitrogens is 4. The van der Waals surface area contributed by atoms with E-state index < -0.39 is 23.4 Å². The second-order valence-electron chi connectivity index (χ2n) is 7.01. The minimum Gasteiger partial charge on any atom is -0.350 e. The molecule has 1 fully saturated rings. The Balaban J connectivity index is 1.48. The molecule has 1 atom stereocenters. The van der Waals surface area contributed by atoms with Crippen molar-refractivity contribution in [2.45, 2.75) is 19.0 Å². The number of imide groups is 1. The van der Waals surface area contributed by atoms with Gasteiger partial charge in [-0.05, 0) is 40.6 Å². The molecule has 152 valence electrons. The first-order valence-corrected chi connectivity index (χ1v) is 9.26. The normalized spacial score (nSPS) is 18.4. The molecule has 2 N–H and O–H groups in total. The SMILES string of the molecule is C[C@@]1(c2cccc(-n3cnnn3)c2)NC(=O)N(CC(=O)NCc2ccccc2)C1=O. The van der Waals surface area contributed by atoms with Crippen molar-refractivity contribution >= 4 is 17.8 Å². The molecular formula is C20H19N7O3. The van der Waals surface area contributed by atoms with E-state index in [1.807, 2.05) is 30.3 Å². The maximum absolute atomic E-state index is 13.1. The number of hydrogen-bond acceptors (Lipinski definition) is 6. The van der Waals surface area contributed by atoms with Crippen LogP contribution < -0.4 is 10.6 Å². The van der Waals surface area contributed by atoms with Gasteiger partial charge in [0, 0.05) is 6.54 Å². The summed E-state index contributed by atoms with van der Waals surface area (Å²) >= 11 is 0. The maximum Gasteiger partial charge on any atom is 0.325 e. The zero-order valence-electron chi connectivity index (χ0n) is 16.1. The van der Waals surface area contributed by atoms with Crippen LogP contribution >= 0.6 is 0 Å². The summed E-state index contributed by atoms with van der Waals surface area (Å²) in [6.07, 6.45) is 1.43. The number of nitrogens with zero attached hydrogens (tertiary/aromatic N) is 5. The second-order valence-corrected chi connectivity index (χ2v) is 7.01. The number of carbonyl (C=O) groups excluding carboxylic acids is 3. The largest absolute Gasteiger partial charge is 0.350 e. The molecule has 1 aliphatic heterocycles. The van der Waals surface area contributed by atoms with Crippen molar-refractivity contribution in [3.8, 4) is 5.69 Å². The van der Waals surface area contributed by atoms with Gasteiger partial charge in [-0.1, -0.05) is 42.5 Å². The molecule has 0 bridgehead atoms. The van der Waals surface area contributed by atoms with Crippen molar-refractivity contribution in [1.29, 1.82) is 0 Å². The van der Waals surface area contributed by atoms with E-state index in [9.17, 15) is 14.4 Å². The van der Waals surface area contributed by atoms with Crippen molar-refractivity contribution in [1.82, 2.24) is 35.7 Å². The third-order valence-corrected chi connectivity index (χ3v) is 4.95. The number of urea groups is 1. The van der Waals surface area contributed by atoms with Gasteiger partial charge in [-0.25, -0.2) is 9.48 Å². The number of rotatable bonds is 6. The standard InChI is InChI=1S/C20H19N7O3/c1-20(15-8-5-9-16(10-15)27-13-22-24-25-27)18(29)26(19(30)23-20)12-17(28)21-11-14-6-3-2-4-7-14/h2-10,13H,11-12H2,1H3,(H,21,28)(H,23,30)/t20-/m0/s1. The number of tetrazole rings is 1. The van der Waals surface area contributed by atoms with E-state index >= 15 is 0 Å². The van der Waals surface area contributed by atoms with Crippen LogP contribution in [0.2, 0.25) is 0 Å². The van der Waals surface area contributed by atoms with Gasteiger partial charge in [-0.3, -0.25) is 14.5 Å². The zero-order chi connectivity index (χ0) is 21.1. The molecule has 30 heavy (non-hydrogen) atoms. The molecule has 0 unspecified atom stereocenters. The Morgan fingerprint density at radius 2 is 1.93 bits per heavy atom. The van der Waals surface area contributed by atoms with Crippen LogP contribution in [0.4, 0.5) is 4.79 Å². The quantitative estimate of drug-likeness (QED) is 0.584. The number of benzene rings is 2. The summed E-state index contributed by atoms with van der Waals surface area (Å²) < 4.78 is 1.45. The maximum atomic E-state index is 13.1. The van der Waals surface area contributed by atoms with Gasteiger partial charge < -0.3 is 10.6 Å². The van der Waals surface area contributed by atoms with Gasteiger partial charge in [-0.15, -0.1) is 5.10 Å². The van der Waals surface area contributed by atoms with Crippen molar-refractivity contribution in [3.05, 3.63) is 72.1 Å². The summed E-state index contributed by atoms with van der Waals surface area (Å²) in [7, 11) is 0. The van der Waals surface area contributed by atoms with Gasteiger partial charge in [0.15, 0.2) is 0 Å². The predicted molar refractivity (Wildman–Crippen MR) is 105 cm³/mol. The second kappa shape index (κ2) is 7.74. The fraction of sp³-hybridized carbons (Fsp3) is 0.200. The Bertz CT molecular complexity index is 1080. The van der Waals surface area contributed by atoms with E-state index in [0.29, 0.717) is 17.8 Å². The van der Waals surface area contributed by atoms with Crippen LogP contribution in [0.1, 0.15) is 18.1 Å². The highest BCUT2D eigenvalue weighted by Crippen LogP contribution is 2.29. The molecule has 0 aliphatic carbocycles. The summed E-state index contributed by atoms with van der Waals surface area (Å²) in [5.41, 5.74) is 0.814. The molecule has 0 radical (unpaired) electrons. The third-order valence-electron chi connectivity index (χ3n) is 4.95. The molecular weight excluding hydrogens is 386 g/mol. The molecule has 10 nitrogen and oxygen atoms in total. The van der Waals surface area contributed by atoms with Crippen LogP contribution in [-0.2, 0) is 21.7 Å². The zero-order valence-corrected chi connectivity index (χ0v) is 16.1. The molecule has 4 amide bonds. The lowest BCUT2D eigenvalue weighted by Gasteiger charge is -2.22. The van der Waals surface area contributed by atoms with E-state index in [-0.39, 0.29) is 6.54 Å². The highest BCUT2D eigenvalue weighted by atomic mass is 16.2. The first-order chi connectivity index (χ1) is 14.5. The highest BCUT2D eigenvalue weighted by molar-refractivity contribution is 6.09. The summed E-state index contributed by atoms with van der Waals surface area (Å²) in [4.78, 5) is 38.8. The van der Waals surface area contributed by atoms with Crippen LogP contribution in [0.5, 0.6) is 0 Å². The minimum atomic E-state index is -1.30. The van der Waals surface area contributed by atoms with Gasteiger partial charge >= 0.3 is 6.03 Å². The average molecular weight is 405 g/mol. The van der Waals surface area contributed by atoms with Crippen LogP contribution in [-0.4, -0.2) is 49.5 Å². The summed E-state index contributed by atoms with van der Waals surface area (Å²) in [6.45, 7) is 1.56. The molecule has 0 saturated carbocycles. The molecule has 2 heterocycles. The first kappa shape index (κ1) is 19.2. The molecule has 2 aromatic carbocycles. The Labute approximate surface area is 171 Å². The third kappa shape index (κ3) is 3.62. The van der Waals surface area contributed by atoms with Crippen LogP contribution in [0, 0.1) is 0 Å². The van der Waals surface area contributed by atoms with E-state index in [1.165, 1.54) is 11.0 Å². The molecule has 3 aromatic rings. The lowest BCUT2D eigenvalue weighted by atomic mass is 9.91. The van der Waals surface area contributed by atoms with Crippen molar-refractivity contribution < 1.29 is 14.4 Å². The Hall–Kier alpha value is -4.08. The number of hydrogen-bond donors (Lipinski definition) is 2. The Morgan fingerprint density at radius 1 is 1.13 bits per heavy atom. The monoisotopic (exact) mass is 405 g/mol. The molecule has 1 saturated heterocycles. The summed E-state index contributed by atoms with van der Waals surface area (Å²) in [5.74, 6) is -0.926. The predicted octanol–water partition coefficient (Wildman–Crippen LogP) is 0.746. The van der Waals surface area contributed by atoms with Crippen LogP contribution in [0.15, 0.2) is 60.9 Å². The number of nitrogens with one attached hydrogen (secondary N) is 2. The number of amides is 4. The van der Waals surface area contributed by atoms with E-state index in [1.54, 1.807) is 31.2 Å². The minimum absolute atomic E-state index is 0.314. The highest BCUT2D eigenvalue weighted by Gasteiger charge is 2.49. The molecule has 4 rings (SSSR count). The van der Waals surface area contributed by atoms with Gasteiger partial charge in [0.25, 0.3) is 5.91 Å². The molecule has 10 heteroatoms. The van der Waals surface area contributed by atoms with Crippen LogP contribution in [0.3, 0.4) is 0 Å². The Kier molecular flexibility index (Phi) is 4.97. The van der Waals surface area contributed by atoms with Crippen molar-refractivity contribution in [3.63, 3.8) is 0 Å². The summed E-state index contributed by atoms with van der Waals surface area (Å²) in [6, 6.07) is 15.7. The molecule has 1 aliphatic rings. The van der Waals surface area contributed by atoms with Gasteiger partial charge in [0.05, 0.1) is 5.69 Å². The van der Waals surface area contributed by atoms with E-state index in [2.05, 4.69) is 26.2 Å². The average Bonchev–Trinajstić information content (AvgIpc) is 3.37. The lowest BCUT2D eigenvalue weighted by Crippen LogP contribution is -2.43. The number of carbonyl (C=O) groups is 3. The van der Waals surface area contributed by atoms with Crippen molar-refractivity contribution in [2.75, 3.05) is 6.54 Å². The molecule has 0 spiro atoms. The smallest absolute Gasteiger partial charge is 0.325 e. The van der Waals surface area contributed by atoms with Gasteiger partial charge in [0.2, 0.25) is 5.91 Å². The fourth-order valence-electron chi connectivity index (χ4n) is 3.27. The first-order valence-electron chi connectivity index (χ1n) is 9.26.